The van der Waals surface area contributed by atoms with E-state index in [9.17, 15) is 9.59 Å². The smallest absolute Gasteiger partial charge is 0.410 e. The first-order valence-electron chi connectivity index (χ1n) is 12.1. The molecular formula is C26H41N3O4. The molecule has 1 spiro atoms. The van der Waals surface area contributed by atoms with Crippen molar-refractivity contribution >= 4 is 12.2 Å². The van der Waals surface area contributed by atoms with Crippen LogP contribution in [0.5, 0.6) is 0 Å². The fraction of sp³-hybridized carbons (Fsp3) is 0.692. The molecule has 0 radical (unpaired) electrons. The van der Waals surface area contributed by atoms with Gasteiger partial charge in [0.2, 0.25) is 0 Å². The summed E-state index contributed by atoms with van der Waals surface area (Å²) in [6, 6.07) is 10.3. The molecule has 1 unspecified atom stereocenters. The summed E-state index contributed by atoms with van der Waals surface area (Å²) in [5.41, 5.74) is 0.137. The third kappa shape index (κ3) is 7.36. The quantitative estimate of drug-likeness (QED) is 0.703. The Hall–Kier alpha value is -2.28. The van der Waals surface area contributed by atoms with Crippen LogP contribution in [0.3, 0.4) is 0 Å². The number of alkyl carbamates (subject to hydrolysis) is 1. The Kier molecular flexibility index (Phi) is 7.62. The molecular weight excluding hydrogens is 418 g/mol. The van der Waals surface area contributed by atoms with E-state index in [4.69, 9.17) is 9.47 Å². The number of hydrogen-bond donors (Lipinski definition) is 1. The number of ether oxygens (including phenoxy) is 2. The van der Waals surface area contributed by atoms with Gasteiger partial charge in [0.05, 0.1) is 6.04 Å². The second-order valence-corrected chi connectivity index (χ2v) is 11.5. The Morgan fingerprint density at radius 1 is 0.939 bits per heavy atom. The average Bonchev–Trinajstić information content (AvgIpc) is 2.69. The van der Waals surface area contributed by atoms with Gasteiger partial charge in [-0.25, -0.2) is 9.59 Å². The van der Waals surface area contributed by atoms with Gasteiger partial charge < -0.3 is 19.7 Å². The largest absolute Gasteiger partial charge is 0.444 e. The molecule has 2 amide bonds. The Morgan fingerprint density at radius 2 is 1.52 bits per heavy atom. The maximum atomic E-state index is 12.8. The SMILES string of the molecule is CC(C)(C)OC(=O)NC1CN(C(=O)OC(C)(C)C)CCC12CCN(Cc1ccccc1)CC2. The average molecular weight is 460 g/mol. The minimum atomic E-state index is -0.574. The first-order valence-corrected chi connectivity index (χ1v) is 12.1. The predicted molar refractivity (Wildman–Crippen MR) is 129 cm³/mol. The van der Waals surface area contributed by atoms with Crippen molar-refractivity contribution in [3.05, 3.63) is 35.9 Å². The molecule has 2 heterocycles. The van der Waals surface area contributed by atoms with Crippen LogP contribution in [-0.2, 0) is 16.0 Å². The second kappa shape index (κ2) is 9.92. The van der Waals surface area contributed by atoms with Crippen LogP contribution in [0.2, 0.25) is 0 Å². The molecule has 2 aliphatic rings. The van der Waals surface area contributed by atoms with Crippen LogP contribution in [0.1, 0.15) is 66.4 Å². The first-order chi connectivity index (χ1) is 15.4. The topological polar surface area (TPSA) is 71.1 Å². The zero-order valence-electron chi connectivity index (χ0n) is 21.1. The first kappa shape index (κ1) is 25.3. The molecule has 0 aromatic heterocycles. The van der Waals surface area contributed by atoms with Gasteiger partial charge in [0.15, 0.2) is 0 Å². The minimum absolute atomic E-state index is 0.0530. The van der Waals surface area contributed by atoms with Crippen LogP contribution in [0, 0.1) is 5.41 Å². The Morgan fingerprint density at radius 3 is 2.09 bits per heavy atom. The van der Waals surface area contributed by atoms with E-state index in [1.165, 1.54) is 5.56 Å². The number of likely N-dealkylation sites (tertiary alicyclic amines) is 2. The molecule has 1 N–H and O–H groups in total. The molecule has 1 aromatic rings. The minimum Gasteiger partial charge on any atom is -0.444 e. The lowest BCUT2D eigenvalue weighted by Crippen LogP contribution is -2.62. The summed E-state index contributed by atoms with van der Waals surface area (Å²) in [6.07, 6.45) is 2.04. The van der Waals surface area contributed by atoms with Crippen LogP contribution in [-0.4, -0.2) is 65.4 Å². The van der Waals surface area contributed by atoms with Gasteiger partial charge in [-0.05, 0) is 84.9 Å². The molecule has 2 aliphatic heterocycles. The summed E-state index contributed by atoms with van der Waals surface area (Å²) in [4.78, 5) is 29.6. The summed E-state index contributed by atoms with van der Waals surface area (Å²) in [5, 5.41) is 3.12. The van der Waals surface area contributed by atoms with Crippen molar-refractivity contribution in [1.29, 1.82) is 0 Å². The highest BCUT2D eigenvalue weighted by Crippen LogP contribution is 2.42. The molecule has 0 aliphatic carbocycles. The van der Waals surface area contributed by atoms with Crippen molar-refractivity contribution in [1.82, 2.24) is 15.1 Å². The van der Waals surface area contributed by atoms with Crippen molar-refractivity contribution < 1.29 is 19.1 Å². The Bertz CT molecular complexity index is 805. The van der Waals surface area contributed by atoms with Crippen LogP contribution in [0.4, 0.5) is 9.59 Å². The predicted octanol–water partition coefficient (Wildman–Crippen LogP) is 4.80. The highest BCUT2D eigenvalue weighted by molar-refractivity contribution is 5.70. The van der Waals surface area contributed by atoms with E-state index in [0.29, 0.717) is 13.1 Å². The lowest BCUT2D eigenvalue weighted by atomic mass is 9.68. The molecule has 2 saturated heterocycles. The molecule has 3 rings (SSSR count). The van der Waals surface area contributed by atoms with E-state index in [1.54, 1.807) is 4.90 Å². The highest BCUT2D eigenvalue weighted by Gasteiger charge is 2.47. The number of benzene rings is 1. The van der Waals surface area contributed by atoms with Crippen molar-refractivity contribution in [3.63, 3.8) is 0 Å². The lowest BCUT2D eigenvalue weighted by molar-refractivity contribution is -0.0240. The fourth-order valence-electron chi connectivity index (χ4n) is 4.77. The van der Waals surface area contributed by atoms with Crippen molar-refractivity contribution in [2.75, 3.05) is 26.2 Å². The summed E-state index contributed by atoms with van der Waals surface area (Å²) < 4.78 is 11.2. The van der Waals surface area contributed by atoms with Crippen LogP contribution in [0.15, 0.2) is 30.3 Å². The second-order valence-electron chi connectivity index (χ2n) is 11.5. The summed E-state index contributed by atoms with van der Waals surface area (Å²) in [7, 11) is 0. The highest BCUT2D eigenvalue weighted by atomic mass is 16.6. The number of nitrogens with one attached hydrogen (secondary N) is 1. The zero-order valence-corrected chi connectivity index (χ0v) is 21.1. The van der Waals surface area contributed by atoms with Crippen LogP contribution < -0.4 is 5.32 Å². The Balaban J connectivity index is 1.69. The summed E-state index contributed by atoms with van der Waals surface area (Å²) >= 11 is 0. The van der Waals surface area contributed by atoms with Gasteiger partial charge in [-0.15, -0.1) is 0 Å². The normalized spacial score (nSPS) is 21.5. The number of carbonyl (C=O) groups is 2. The van der Waals surface area contributed by atoms with E-state index >= 15 is 0 Å². The molecule has 184 valence electrons. The van der Waals surface area contributed by atoms with Gasteiger partial charge in [-0.3, -0.25) is 4.90 Å². The van der Waals surface area contributed by atoms with E-state index in [0.717, 1.165) is 38.9 Å². The van der Waals surface area contributed by atoms with E-state index < -0.39 is 17.3 Å². The maximum absolute atomic E-state index is 12.8. The van der Waals surface area contributed by atoms with Gasteiger partial charge in [-0.1, -0.05) is 30.3 Å². The van der Waals surface area contributed by atoms with Gasteiger partial charge in [-0.2, -0.15) is 0 Å². The summed E-state index contributed by atoms with van der Waals surface area (Å²) in [5.74, 6) is 0. The third-order valence-electron chi connectivity index (χ3n) is 6.47. The fourth-order valence-corrected chi connectivity index (χ4v) is 4.77. The van der Waals surface area contributed by atoms with Crippen molar-refractivity contribution in [2.45, 2.75) is 84.6 Å². The molecule has 7 nitrogen and oxygen atoms in total. The number of amides is 2. The number of carbonyl (C=O) groups excluding carboxylic acids is 2. The molecule has 0 bridgehead atoms. The summed E-state index contributed by atoms with van der Waals surface area (Å²) in [6.45, 7) is 15.1. The van der Waals surface area contributed by atoms with Gasteiger partial charge in [0.1, 0.15) is 11.2 Å². The molecule has 1 atom stereocenters. The zero-order chi connectivity index (χ0) is 24.3. The Labute approximate surface area is 198 Å². The monoisotopic (exact) mass is 459 g/mol. The van der Waals surface area contributed by atoms with Crippen LogP contribution >= 0.6 is 0 Å². The molecule has 0 saturated carbocycles. The maximum Gasteiger partial charge on any atom is 0.410 e. The van der Waals surface area contributed by atoms with Gasteiger partial charge in [0.25, 0.3) is 0 Å². The molecule has 33 heavy (non-hydrogen) atoms. The van der Waals surface area contributed by atoms with E-state index in [1.807, 2.05) is 47.6 Å². The standard InChI is InChI=1S/C26H41N3O4/c1-24(2,3)32-22(30)27-21-19-29(23(31)33-25(4,5)6)17-14-26(21)12-15-28(16-13-26)18-20-10-8-7-9-11-20/h7-11,21H,12-19H2,1-6H3,(H,27,30). The van der Waals surface area contributed by atoms with Crippen LogP contribution in [0.25, 0.3) is 0 Å². The molecule has 2 fully saturated rings. The number of rotatable bonds is 3. The van der Waals surface area contributed by atoms with Gasteiger partial charge >= 0.3 is 12.2 Å². The van der Waals surface area contributed by atoms with Gasteiger partial charge in [0, 0.05) is 19.6 Å². The third-order valence-corrected chi connectivity index (χ3v) is 6.47. The van der Waals surface area contributed by atoms with E-state index in [2.05, 4.69) is 34.5 Å². The van der Waals surface area contributed by atoms with Crippen molar-refractivity contribution in [3.8, 4) is 0 Å². The number of hydrogen-bond acceptors (Lipinski definition) is 5. The van der Waals surface area contributed by atoms with Crippen molar-refractivity contribution in [2.24, 2.45) is 5.41 Å². The lowest BCUT2D eigenvalue weighted by Gasteiger charge is -2.51. The van der Waals surface area contributed by atoms with E-state index in [-0.39, 0.29) is 17.6 Å². The molecule has 1 aromatic carbocycles. The number of piperidine rings is 2. The molecule has 7 heteroatoms. The number of nitrogens with zero attached hydrogens (tertiary/aromatic N) is 2.